The third kappa shape index (κ3) is 5.53. The summed E-state index contributed by atoms with van der Waals surface area (Å²) in [4.78, 5) is 22.0. The molecule has 1 rings (SSSR count). The van der Waals surface area contributed by atoms with E-state index in [0.717, 1.165) is 4.47 Å². The van der Waals surface area contributed by atoms with Crippen molar-refractivity contribution in [2.24, 2.45) is 0 Å². The molecular weight excluding hydrogens is 312 g/mol. The van der Waals surface area contributed by atoms with Gasteiger partial charge in [0.25, 0.3) is 0 Å². The number of anilines is 1. The highest BCUT2D eigenvalue weighted by Gasteiger charge is 2.07. The van der Waals surface area contributed by atoms with Gasteiger partial charge in [0.05, 0.1) is 11.3 Å². The maximum absolute atomic E-state index is 11.7. The number of unbranched alkanes of at least 4 members (excludes halogenated alkanes) is 1. The SMILES string of the molecule is N#Cc1ccc(Br)cc1NC(=O)CCCCC(=O)O. The lowest BCUT2D eigenvalue weighted by Gasteiger charge is -2.07. The number of hydrogen-bond donors (Lipinski definition) is 2. The molecule has 0 atom stereocenters. The van der Waals surface area contributed by atoms with Crippen molar-refractivity contribution in [3.8, 4) is 6.07 Å². The van der Waals surface area contributed by atoms with Crippen LogP contribution in [0.1, 0.15) is 31.2 Å². The number of aliphatic carboxylic acids is 1. The van der Waals surface area contributed by atoms with E-state index in [4.69, 9.17) is 10.4 Å². The summed E-state index contributed by atoms with van der Waals surface area (Å²) < 4.78 is 0.771. The molecule has 5 nitrogen and oxygen atoms in total. The van der Waals surface area contributed by atoms with Crippen molar-refractivity contribution < 1.29 is 14.7 Å². The Hall–Kier alpha value is -1.87. The van der Waals surface area contributed by atoms with Gasteiger partial charge in [-0.1, -0.05) is 15.9 Å². The summed E-state index contributed by atoms with van der Waals surface area (Å²) in [6.45, 7) is 0. The Morgan fingerprint density at radius 2 is 2.00 bits per heavy atom. The van der Waals surface area contributed by atoms with Gasteiger partial charge in [0.1, 0.15) is 6.07 Å². The van der Waals surface area contributed by atoms with Gasteiger partial charge in [-0.25, -0.2) is 0 Å². The van der Waals surface area contributed by atoms with E-state index in [2.05, 4.69) is 21.2 Å². The summed E-state index contributed by atoms with van der Waals surface area (Å²) >= 11 is 3.27. The molecule has 0 heterocycles. The van der Waals surface area contributed by atoms with Crippen LogP contribution in [0.4, 0.5) is 5.69 Å². The first-order valence-corrected chi connectivity index (χ1v) is 6.53. The predicted molar refractivity (Wildman–Crippen MR) is 73.6 cm³/mol. The smallest absolute Gasteiger partial charge is 0.303 e. The Bertz CT molecular complexity index is 523. The number of halogens is 1. The lowest BCUT2D eigenvalue weighted by atomic mass is 10.1. The molecule has 0 saturated heterocycles. The molecule has 0 bridgehead atoms. The molecule has 100 valence electrons. The average Bonchev–Trinajstić information content (AvgIpc) is 2.35. The van der Waals surface area contributed by atoms with Gasteiger partial charge in [-0.3, -0.25) is 9.59 Å². The van der Waals surface area contributed by atoms with Crippen molar-refractivity contribution in [2.45, 2.75) is 25.7 Å². The predicted octanol–water partition coefficient (Wildman–Crippen LogP) is 2.90. The van der Waals surface area contributed by atoms with E-state index >= 15 is 0 Å². The molecule has 6 heteroatoms. The van der Waals surface area contributed by atoms with Crippen LogP contribution < -0.4 is 5.32 Å². The van der Waals surface area contributed by atoms with Crippen molar-refractivity contribution in [1.29, 1.82) is 5.26 Å². The second-order valence-corrected chi connectivity index (χ2v) is 4.87. The minimum absolute atomic E-state index is 0.0631. The quantitative estimate of drug-likeness (QED) is 0.787. The van der Waals surface area contributed by atoms with Crippen molar-refractivity contribution in [1.82, 2.24) is 0 Å². The lowest BCUT2D eigenvalue weighted by Crippen LogP contribution is -2.12. The third-order valence-electron chi connectivity index (χ3n) is 2.42. The maximum Gasteiger partial charge on any atom is 0.303 e. The summed E-state index contributed by atoms with van der Waals surface area (Å²) in [6, 6.07) is 7.00. The maximum atomic E-state index is 11.7. The molecule has 0 aliphatic heterocycles. The van der Waals surface area contributed by atoms with Crippen LogP contribution in [-0.2, 0) is 9.59 Å². The zero-order valence-electron chi connectivity index (χ0n) is 10.1. The van der Waals surface area contributed by atoms with Gasteiger partial charge >= 0.3 is 5.97 Å². The highest BCUT2D eigenvalue weighted by atomic mass is 79.9. The normalized spacial score (nSPS) is 9.68. The molecule has 0 unspecified atom stereocenters. The molecule has 1 aromatic carbocycles. The molecule has 2 N–H and O–H groups in total. The van der Waals surface area contributed by atoms with Crippen LogP contribution in [0.2, 0.25) is 0 Å². The van der Waals surface area contributed by atoms with Crippen LogP contribution in [0.5, 0.6) is 0 Å². The molecule has 0 fully saturated rings. The van der Waals surface area contributed by atoms with E-state index in [1.54, 1.807) is 18.2 Å². The number of nitrogens with one attached hydrogen (secondary N) is 1. The Labute approximate surface area is 119 Å². The van der Waals surface area contributed by atoms with E-state index in [-0.39, 0.29) is 18.7 Å². The zero-order chi connectivity index (χ0) is 14.3. The topological polar surface area (TPSA) is 90.2 Å². The molecule has 19 heavy (non-hydrogen) atoms. The summed E-state index contributed by atoms with van der Waals surface area (Å²) in [7, 11) is 0. The average molecular weight is 325 g/mol. The van der Waals surface area contributed by atoms with Crippen LogP contribution in [0.25, 0.3) is 0 Å². The molecule has 0 aromatic heterocycles. The van der Waals surface area contributed by atoms with Crippen molar-refractivity contribution >= 4 is 33.5 Å². The van der Waals surface area contributed by atoms with Crippen molar-refractivity contribution in [3.05, 3.63) is 28.2 Å². The highest BCUT2D eigenvalue weighted by molar-refractivity contribution is 9.10. The minimum Gasteiger partial charge on any atom is -0.481 e. The van der Waals surface area contributed by atoms with E-state index < -0.39 is 5.97 Å². The molecule has 0 aliphatic rings. The number of benzene rings is 1. The minimum atomic E-state index is -0.862. The fraction of sp³-hybridized carbons (Fsp3) is 0.308. The van der Waals surface area contributed by atoms with Crippen molar-refractivity contribution in [3.63, 3.8) is 0 Å². The number of carbonyl (C=O) groups is 2. The number of carboxylic acid groups (broad SMARTS) is 1. The molecule has 0 saturated carbocycles. The van der Waals surface area contributed by atoms with Gasteiger partial charge < -0.3 is 10.4 Å². The third-order valence-corrected chi connectivity index (χ3v) is 2.91. The Balaban J connectivity index is 2.51. The van der Waals surface area contributed by atoms with Crippen LogP contribution in [-0.4, -0.2) is 17.0 Å². The number of nitrogens with zero attached hydrogens (tertiary/aromatic N) is 1. The molecule has 0 aliphatic carbocycles. The second kappa shape index (κ2) is 7.54. The van der Waals surface area contributed by atoms with Gasteiger partial charge in [0, 0.05) is 17.3 Å². The fourth-order valence-electron chi connectivity index (χ4n) is 1.49. The molecule has 0 radical (unpaired) electrons. The van der Waals surface area contributed by atoms with Gasteiger partial charge in [-0.05, 0) is 31.0 Å². The molecule has 1 amide bonds. The first kappa shape index (κ1) is 15.2. The standard InChI is InChI=1S/C13H13BrN2O3/c14-10-6-5-9(8-15)11(7-10)16-12(17)3-1-2-4-13(18)19/h5-7H,1-4H2,(H,16,17)(H,18,19). The first-order valence-electron chi connectivity index (χ1n) is 5.74. The number of rotatable bonds is 6. The van der Waals surface area contributed by atoms with E-state index in [9.17, 15) is 9.59 Å². The molecule has 1 aromatic rings. The number of carboxylic acids is 1. The Morgan fingerprint density at radius 3 is 2.63 bits per heavy atom. The number of nitriles is 1. The van der Waals surface area contributed by atoms with E-state index in [1.807, 2.05) is 6.07 Å². The zero-order valence-corrected chi connectivity index (χ0v) is 11.7. The first-order chi connectivity index (χ1) is 9.02. The van der Waals surface area contributed by atoms with Gasteiger partial charge in [0.15, 0.2) is 0 Å². The number of amides is 1. The van der Waals surface area contributed by atoms with Crippen LogP contribution >= 0.6 is 15.9 Å². The van der Waals surface area contributed by atoms with Gasteiger partial charge in [0.2, 0.25) is 5.91 Å². The molecule has 0 spiro atoms. The highest BCUT2D eigenvalue weighted by Crippen LogP contribution is 2.21. The summed E-state index contributed by atoms with van der Waals surface area (Å²) in [5, 5.41) is 20.0. The van der Waals surface area contributed by atoms with Crippen LogP contribution in [0.3, 0.4) is 0 Å². The number of hydrogen-bond acceptors (Lipinski definition) is 3. The van der Waals surface area contributed by atoms with E-state index in [1.165, 1.54) is 0 Å². The van der Waals surface area contributed by atoms with Gasteiger partial charge in [-0.2, -0.15) is 5.26 Å². The lowest BCUT2D eigenvalue weighted by molar-refractivity contribution is -0.137. The van der Waals surface area contributed by atoms with Crippen molar-refractivity contribution in [2.75, 3.05) is 5.32 Å². The van der Waals surface area contributed by atoms with E-state index in [0.29, 0.717) is 24.1 Å². The molecular formula is C13H13BrN2O3. The Kier molecular flexibility index (Phi) is 6.03. The summed E-state index contributed by atoms with van der Waals surface area (Å²) in [5.41, 5.74) is 0.849. The fourth-order valence-corrected chi connectivity index (χ4v) is 1.85. The summed E-state index contributed by atoms with van der Waals surface area (Å²) in [5.74, 6) is -1.08. The second-order valence-electron chi connectivity index (χ2n) is 3.95. The Morgan fingerprint density at radius 1 is 1.32 bits per heavy atom. The largest absolute Gasteiger partial charge is 0.481 e. The van der Waals surface area contributed by atoms with Crippen LogP contribution in [0, 0.1) is 11.3 Å². The van der Waals surface area contributed by atoms with Gasteiger partial charge in [-0.15, -0.1) is 0 Å². The monoisotopic (exact) mass is 324 g/mol. The summed E-state index contributed by atoms with van der Waals surface area (Å²) in [6.07, 6.45) is 1.28. The van der Waals surface area contributed by atoms with Crippen LogP contribution in [0.15, 0.2) is 22.7 Å². The number of carbonyl (C=O) groups excluding carboxylic acids is 1.